The molecule has 4 heteroatoms. The molecule has 0 saturated carbocycles. The Bertz CT molecular complexity index is 1060. The van der Waals surface area contributed by atoms with E-state index < -0.39 is 6.04 Å². The summed E-state index contributed by atoms with van der Waals surface area (Å²) < 4.78 is 0. The van der Waals surface area contributed by atoms with Crippen LogP contribution in [0.2, 0.25) is 0 Å². The first-order chi connectivity index (χ1) is 15.8. The van der Waals surface area contributed by atoms with E-state index in [9.17, 15) is 9.59 Å². The van der Waals surface area contributed by atoms with Crippen LogP contribution < -0.4 is 5.32 Å². The number of nitrogens with one attached hydrogen (secondary N) is 1. The second-order valence-corrected chi connectivity index (χ2v) is 8.98. The number of carbonyl (C=O) groups is 2. The van der Waals surface area contributed by atoms with Crippen molar-refractivity contribution < 1.29 is 9.59 Å². The van der Waals surface area contributed by atoms with E-state index in [1.165, 1.54) is 0 Å². The van der Waals surface area contributed by atoms with E-state index in [0.717, 1.165) is 27.8 Å². The Morgan fingerprint density at radius 2 is 1.45 bits per heavy atom. The van der Waals surface area contributed by atoms with Crippen molar-refractivity contribution in [3.8, 4) is 0 Å². The number of carbonyl (C=O) groups excluding carboxylic acids is 2. The van der Waals surface area contributed by atoms with Gasteiger partial charge in [0.15, 0.2) is 0 Å². The summed E-state index contributed by atoms with van der Waals surface area (Å²) >= 11 is 0. The predicted molar refractivity (Wildman–Crippen MR) is 134 cm³/mol. The molecular formula is C29H34N2O2. The van der Waals surface area contributed by atoms with Crippen molar-refractivity contribution >= 4 is 11.8 Å². The van der Waals surface area contributed by atoms with Crippen LogP contribution in [0.25, 0.3) is 0 Å². The standard InChI is InChI=1S/C29H34N2O2/c1-21(2)30-29(33)27(18-24-11-6-5-7-12-24)31(20-26-13-9-8-10-23(26)4)28(32)19-25-16-14-22(3)15-17-25/h5-17,21,27H,18-20H2,1-4H3,(H,30,33)/t27-/m1/s1. The minimum Gasteiger partial charge on any atom is -0.352 e. The summed E-state index contributed by atoms with van der Waals surface area (Å²) in [4.78, 5) is 28.8. The van der Waals surface area contributed by atoms with Crippen LogP contribution in [0.1, 0.15) is 41.7 Å². The van der Waals surface area contributed by atoms with Crippen LogP contribution in [0.3, 0.4) is 0 Å². The molecule has 33 heavy (non-hydrogen) atoms. The SMILES string of the molecule is Cc1ccc(CC(=O)N(Cc2ccccc2C)[C@H](Cc2ccccc2)C(=O)NC(C)C)cc1. The molecule has 0 aliphatic heterocycles. The van der Waals surface area contributed by atoms with Crippen LogP contribution in [0.15, 0.2) is 78.9 Å². The van der Waals surface area contributed by atoms with Gasteiger partial charge >= 0.3 is 0 Å². The number of aryl methyl sites for hydroxylation is 2. The molecule has 0 radical (unpaired) electrons. The zero-order chi connectivity index (χ0) is 23.8. The van der Waals surface area contributed by atoms with Crippen LogP contribution >= 0.6 is 0 Å². The Kier molecular flexibility index (Phi) is 8.42. The van der Waals surface area contributed by atoms with Gasteiger partial charge in [-0.1, -0.05) is 84.4 Å². The molecule has 3 aromatic carbocycles. The van der Waals surface area contributed by atoms with Crippen LogP contribution in [0.4, 0.5) is 0 Å². The molecule has 0 spiro atoms. The van der Waals surface area contributed by atoms with E-state index in [4.69, 9.17) is 0 Å². The van der Waals surface area contributed by atoms with Gasteiger partial charge in [-0.15, -0.1) is 0 Å². The minimum atomic E-state index is -0.604. The maximum Gasteiger partial charge on any atom is 0.243 e. The highest BCUT2D eigenvalue weighted by Gasteiger charge is 2.31. The largest absolute Gasteiger partial charge is 0.352 e. The lowest BCUT2D eigenvalue weighted by Gasteiger charge is -2.32. The summed E-state index contributed by atoms with van der Waals surface area (Å²) in [6, 6.07) is 25.3. The van der Waals surface area contributed by atoms with E-state index >= 15 is 0 Å². The molecule has 0 saturated heterocycles. The molecule has 0 aliphatic carbocycles. The predicted octanol–water partition coefficient (Wildman–Crippen LogP) is 5.01. The third-order valence-corrected chi connectivity index (χ3v) is 5.78. The summed E-state index contributed by atoms with van der Waals surface area (Å²) in [5.74, 6) is -0.179. The van der Waals surface area contributed by atoms with Crippen molar-refractivity contribution in [1.82, 2.24) is 10.2 Å². The lowest BCUT2D eigenvalue weighted by Crippen LogP contribution is -2.52. The maximum absolute atomic E-state index is 13.7. The first-order valence-electron chi connectivity index (χ1n) is 11.6. The van der Waals surface area contributed by atoms with E-state index in [2.05, 4.69) is 5.32 Å². The van der Waals surface area contributed by atoms with E-state index in [1.807, 2.05) is 107 Å². The Morgan fingerprint density at radius 3 is 2.09 bits per heavy atom. The highest BCUT2D eigenvalue weighted by atomic mass is 16.2. The maximum atomic E-state index is 13.7. The summed E-state index contributed by atoms with van der Waals surface area (Å²) in [5, 5.41) is 3.04. The molecule has 0 aliphatic rings. The van der Waals surface area contributed by atoms with Crippen molar-refractivity contribution in [2.45, 2.75) is 59.2 Å². The Labute approximate surface area is 197 Å². The molecule has 3 aromatic rings. The van der Waals surface area contributed by atoms with Crippen molar-refractivity contribution in [1.29, 1.82) is 0 Å². The second kappa shape index (κ2) is 11.5. The fourth-order valence-corrected chi connectivity index (χ4v) is 3.89. The molecule has 3 rings (SSSR count). The molecule has 0 aromatic heterocycles. The van der Waals surface area contributed by atoms with Crippen LogP contribution in [-0.2, 0) is 29.0 Å². The Morgan fingerprint density at radius 1 is 0.818 bits per heavy atom. The van der Waals surface area contributed by atoms with Crippen LogP contribution in [-0.4, -0.2) is 28.8 Å². The van der Waals surface area contributed by atoms with Gasteiger partial charge in [0.25, 0.3) is 0 Å². The van der Waals surface area contributed by atoms with Gasteiger partial charge in [-0.3, -0.25) is 9.59 Å². The van der Waals surface area contributed by atoms with Gasteiger partial charge in [0.05, 0.1) is 6.42 Å². The molecule has 2 amide bonds. The van der Waals surface area contributed by atoms with E-state index in [1.54, 1.807) is 4.90 Å². The summed E-state index contributed by atoms with van der Waals surface area (Å²) in [5.41, 5.74) is 5.28. The van der Waals surface area contributed by atoms with Crippen molar-refractivity contribution in [2.75, 3.05) is 0 Å². The number of benzene rings is 3. The average Bonchev–Trinajstić information content (AvgIpc) is 2.79. The molecule has 1 N–H and O–H groups in total. The summed E-state index contributed by atoms with van der Waals surface area (Å²) in [6.45, 7) is 8.34. The number of amides is 2. The van der Waals surface area contributed by atoms with Crippen LogP contribution in [0.5, 0.6) is 0 Å². The molecule has 172 valence electrons. The molecule has 0 bridgehead atoms. The Hall–Kier alpha value is -3.40. The Balaban J connectivity index is 1.97. The monoisotopic (exact) mass is 442 g/mol. The number of nitrogens with zero attached hydrogens (tertiary/aromatic N) is 1. The quantitative estimate of drug-likeness (QED) is 0.506. The van der Waals surface area contributed by atoms with Crippen molar-refractivity contribution in [3.63, 3.8) is 0 Å². The molecule has 0 unspecified atom stereocenters. The van der Waals surface area contributed by atoms with Gasteiger partial charge in [0.1, 0.15) is 6.04 Å². The second-order valence-electron chi connectivity index (χ2n) is 8.98. The molecule has 1 atom stereocenters. The molecule has 4 nitrogen and oxygen atoms in total. The van der Waals surface area contributed by atoms with Gasteiger partial charge < -0.3 is 10.2 Å². The first kappa shape index (κ1) is 24.2. The third-order valence-electron chi connectivity index (χ3n) is 5.78. The van der Waals surface area contributed by atoms with Gasteiger partial charge in [0, 0.05) is 19.0 Å². The molecule has 0 heterocycles. The third kappa shape index (κ3) is 7.04. The van der Waals surface area contributed by atoms with Gasteiger partial charge in [0.2, 0.25) is 11.8 Å². The van der Waals surface area contributed by atoms with E-state index in [-0.39, 0.29) is 24.3 Å². The summed E-state index contributed by atoms with van der Waals surface area (Å²) in [7, 11) is 0. The normalized spacial score (nSPS) is 11.8. The van der Waals surface area contributed by atoms with Crippen molar-refractivity contribution in [3.05, 3.63) is 107 Å². The number of hydrogen-bond donors (Lipinski definition) is 1. The zero-order valence-corrected chi connectivity index (χ0v) is 20.0. The topological polar surface area (TPSA) is 49.4 Å². The fourth-order valence-electron chi connectivity index (χ4n) is 3.89. The zero-order valence-electron chi connectivity index (χ0n) is 20.0. The lowest BCUT2D eigenvalue weighted by molar-refractivity contribution is -0.141. The summed E-state index contributed by atoms with van der Waals surface area (Å²) in [6.07, 6.45) is 0.720. The highest BCUT2D eigenvalue weighted by Crippen LogP contribution is 2.19. The van der Waals surface area contributed by atoms with Gasteiger partial charge in [-0.05, 0) is 49.9 Å². The average molecular weight is 443 g/mol. The van der Waals surface area contributed by atoms with E-state index in [0.29, 0.717) is 13.0 Å². The molecule has 0 fully saturated rings. The van der Waals surface area contributed by atoms with Gasteiger partial charge in [-0.2, -0.15) is 0 Å². The number of rotatable bonds is 9. The van der Waals surface area contributed by atoms with Gasteiger partial charge in [-0.25, -0.2) is 0 Å². The number of hydrogen-bond acceptors (Lipinski definition) is 2. The van der Waals surface area contributed by atoms with Crippen LogP contribution in [0, 0.1) is 13.8 Å². The fraction of sp³-hybridized carbons (Fsp3) is 0.310. The van der Waals surface area contributed by atoms with Crippen molar-refractivity contribution in [2.24, 2.45) is 0 Å². The highest BCUT2D eigenvalue weighted by molar-refractivity contribution is 5.89. The minimum absolute atomic E-state index is 0.0108. The smallest absolute Gasteiger partial charge is 0.243 e. The molecular weight excluding hydrogens is 408 g/mol. The lowest BCUT2D eigenvalue weighted by atomic mass is 10.00. The first-order valence-corrected chi connectivity index (χ1v) is 11.6.